The van der Waals surface area contributed by atoms with Crippen LogP contribution in [0.2, 0.25) is 0 Å². The van der Waals surface area contributed by atoms with Gasteiger partial charge in [0.2, 0.25) is 0 Å². The highest BCUT2D eigenvalue weighted by molar-refractivity contribution is 5.18. The van der Waals surface area contributed by atoms with E-state index in [4.69, 9.17) is 0 Å². The zero-order chi connectivity index (χ0) is 14.3. The fourth-order valence-corrected chi connectivity index (χ4v) is 1.65. The lowest BCUT2D eigenvalue weighted by molar-refractivity contribution is -0.135. The van der Waals surface area contributed by atoms with Crippen LogP contribution in [0.4, 0.5) is 17.6 Å². The third-order valence-electron chi connectivity index (χ3n) is 2.63. The van der Waals surface area contributed by atoms with Crippen LogP contribution >= 0.6 is 0 Å². The molecule has 1 unspecified atom stereocenters. The van der Waals surface area contributed by atoms with E-state index in [2.05, 4.69) is 5.32 Å². The van der Waals surface area contributed by atoms with Crippen LogP contribution in [0.15, 0.2) is 24.3 Å². The van der Waals surface area contributed by atoms with E-state index < -0.39 is 24.5 Å². The van der Waals surface area contributed by atoms with E-state index in [1.54, 1.807) is 6.07 Å². The van der Waals surface area contributed by atoms with Crippen molar-refractivity contribution in [3.05, 3.63) is 35.6 Å². The van der Waals surface area contributed by atoms with Gasteiger partial charge in [0.15, 0.2) is 0 Å². The van der Waals surface area contributed by atoms with Crippen LogP contribution in [0, 0.1) is 5.82 Å². The lowest BCUT2D eigenvalue weighted by Crippen LogP contribution is -2.23. The number of aliphatic hydroxyl groups excluding tert-OH is 1. The molecule has 2 N–H and O–H groups in total. The Labute approximate surface area is 109 Å². The molecule has 1 aromatic rings. The van der Waals surface area contributed by atoms with E-state index in [0.717, 1.165) is 0 Å². The van der Waals surface area contributed by atoms with Crippen LogP contribution in [-0.2, 0) is 0 Å². The molecule has 0 bridgehead atoms. The number of rotatable bonds is 7. The SMILES string of the molecule is OC(CNCCCCC(F)(F)F)c1cccc(F)c1. The lowest BCUT2D eigenvalue weighted by atomic mass is 10.1. The largest absolute Gasteiger partial charge is 0.389 e. The molecule has 1 aromatic carbocycles. The first-order valence-electron chi connectivity index (χ1n) is 6.09. The van der Waals surface area contributed by atoms with Crippen LogP contribution in [-0.4, -0.2) is 24.4 Å². The Balaban J connectivity index is 2.16. The van der Waals surface area contributed by atoms with Gasteiger partial charge in [-0.3, -0.25) is 0 Å². The van der Waals surface area contributed by atoms with Gasteiger partial charge in [0, 0.05) is 13.0 Å². The molecule has 0 aliphatic heterocycles. The topological polar surface area (TPSA) is 32.3 Å². The minimum atomic E-state index is -4.11. The number of hydrogen-bond acceptors (Lipinski definition) is 2. The van der Waals surface area contributed by atoms with Gasteiger partial charge in [-0.05, 0) is 37.1 Å². The lowest BCUT2D eigenvalue weighted by Gasteiger charge is -2.12. The Bertz CT molecular complexity index is 381. The molecule has 0 heterocycles. The molecule has 0 saturated heterocycles. The highest BCUT2D eigenvalue weighted by Crippen LogP contribution is 2.21. The van der Waals surface area contributed by atoms with Crippen molar-refractivity contribution in [3.63, 3.8) is 0 Å². The molecule has 1 rings (SSSR count). The molecule has 6 heteroatoms. The third-order valence-corrected chi connectivity index (χ3v) is 2.63. The van der Waals surface area contributed by atoms with Crippen LogP contribution in [0.5, 0.6) is 0 Å². The van der Waals surface area contributed by atoms with Crippen molar-refractivity contribution in [2.45, 2.75) is 31.5 Å². The fraction of sp³-hybridized carbons (Fsp3) is 0.538. The molecule has 0 amide bonds. The maximum absolute atomic E-state index is 12.9. The third kappa shape index (κ3) is 7.12. The maximum Gasteiger partial charge on any atom is 0.389 e. The number of hydrogen-bond donors (Lipinski definition) is 2. The van der Waals surface area contributed by atoms with Gasteiger partial charge in [-0.2, -0.15) is 13.2 Å². The van der Waals surface area contributed by atoms with Crippen molar-refractivity contribution in [1.29, 1.82) is 0 Å². The molecule has 0 fully saturated rings. The first-order chi connectivity index (χ1) is 8.88. The second-order valence-electron chi connectivity index (χ2n) is 4.35. The maximum atomic E-state index is 12.9. The molecular formula is C13H17F4NO. The Hall–Kier alpha value is -1.14. The van der Waals surface area contributed by atoms with E-state index in [1.165, 1.54) is 18.2 Å². The Morgan fingerprint density at radius 2 is 1.95 bits per heavy atom. The molecule has 0 aliphatic carbocycles. The molecule has 0 aliphatic rings. The van der Waals surface area contributed by atoms with E-state index in [0.29, 0.717) is 18.5 Å². The standard InChI is InChI=1S/C13H17F4NO/c14-11-5-3-4-10(8-11)12(19)9-18-7-2-1-6-13(15,16)17/h3-5,8,12,18-19H,1-2,6-7,9H2. The van der Waals surface area contributed by atoms with E-state index >= 15 is 0 Å². The molecule has 2 nitrogen and oxygen atoms in total. The number of aliphatic hydroxyl groups is 1. The summed E-state index contributed by atoms with van der Waals surface area (Å²) >= 11 is 0. The molecule has 0 aromatic heterocycles. The summed E-state index contributed by atoms with van der Waals surface area (Å²) in [5.74, 6) is -0.429. The van der Waals surface area contributed by atoms with Gasteiger partial charge in [0.05, 0.1) is 6.10 Å². The monoisotopic (exact) mass is 279 g/mol. The Morgan fingerprint density at radius 1 is 1.21 bits per heavy atom. The van der Waals surface area contributed by atoms with Gasteiger partial charge < -0.3 is 10.4 Å². The summed E-state index contributed by atoms with van der Waals surface area (Å²) < 4.78 is 48.5. The van der Waals surface area contributed by atoms with Crippen molar-refractivity contribution in [1.82, 2.24) is 5.32 Å². The second-order valence-corrected chi connectivity index (χ2v) is 4.35. The highest BCUT2D eigenvalue weighted by Gasteiger charge is 2.25. The van der Waals surface area contributed by atoms with Crippen LogP contribution in [0.1, 0.15) is 30.9 Å². The first-order valence-corrected chi connectivity index (χ1v) is 6.09. The smallest absolute Gasteiger partial charge is 0.387 e. The van der Waals surface area contributed by atoms with Gasteiger partial charge >= 0.3 is 6.18 Å². The van der Waals surface area contributed by atoms with Crippen molar-refractivity contribution in [2.24, 2.45) is 0 Å². The zero-order valence-corrected chi connectivity index (χ0v) is 10.4. The molecule has 1 atom stereocenters. The minimum Gasteiger partial charge on any atom is -0.387 e. The highest BCUT2D eigenvalue weighted by atomic mass is 19.4. The number of unbranched alkanes of at least 4 members (excludes halogenated alkanes) is 1. The normalized spacial score (nSPS) is 13.5. The molecule has 0 saturated carbocycles. The van der Waals surface area contributed by atoms with Gasteiger partial charge in [0.1, 0.15) is 5.82 Å². The number of nitrogens with one attached hydrogen (secondary N) is 1. The first kappa shape index (κ1) is 15.9. The Kier molecular flexibility index (Phi) is 6.24. The van der Waals surface area contributed by atoms with Gasteiger partial charge in [-0.25, -0.2) is 4.39 Å². The summed E-state index contributed by atoms with van der Waals surface area (Å²) in [5.41, 5.74) is 0.447. The summed E-state index contributed by atoms with van der Waals surface area (Å²) in [4.78, 5) is 0. The number of benzene rings is 1. The average Bonchev–Trinajstić information content (AvgIpc) is 2.32. The summed E-state index contributed by atoms with van der Waals surface area (Å²) in [5, 5.41) is 12.6. The van der Waals surface area contributed by atoms with E-state index in [1.807, 2.05) is 0 Å². The number of halogens is 4. The molecule has 19 heavy (non-hydrogen) atoms. The van der Waals surface area contributed by atoms with Crippen molar-refractivity contribution in [2.75, 3.05) is 13.1 Å². The molecule has 0 radical (unpaired) electrons. The minimum absolute atomic E-state index is 0.0621. The van der Waals surface area contributed by atoms with Crippen molar-refractivity contribution in [3.8, 4) is 0 Å². The average molecular weight is 279 g/mol. The van der Waals surface area contributed by atoms with Crippen LogP contribution in [0.3, 0.4) is 0 Å². The predicted octanol–water partition coefficient (Wildman–Crippen LogP) is 3.18. The van der Waals surface area contributed by atoms with Crippen molar-refractivity contribution < 1.29 is 22.7 Å². The van der Waals surface area contributed by atoms with Crippen LogP contribution < -0.4 is 5.32 Å². The summed E-state index contributed by atoms with van der Waals surface area (Å²) in [6.07, 6.45) is -5.32. The fourth-order valence-electron chi connectivity index (χ4n) is 1.65. The quantitative estimate of drug-likeness (QED) is 0.593. The number of alkyl halides is 3. The second kappa shape index (κ2) is 7.45. The van der Waals surface area contributed by atoms with E-state index in [-0.39, 0.29) is 13.0 Å². The summed E-state index contributed by atoms with van der Waals surface area (Å²) in [6.45, 7) is 0.581. The Morgan fingerprint density at radius 3 is 2.58 bits per heavy atom. The van der Waals surface area contributed by atoms with Gasteiger partial charge in [-0.15, -0.1) is 0 Å². The summed E-state index contributed by atoms with van der Waals surface area (Å²) in [6, 6.07) is 5.60. The summed E-state index contributed by atoms with van der Waals surface area (Å²) in [7, 11) is 0. The molecular weight excluding hydrogens is 262 g/mol. The van der Waals surface area contributed by atoms with Crippen molar-refractivity contribution >= 4 is 0 Å². The zero-order valence-electron chi connectivity index (χ0n) is 10.4. The van der Waals surface area contributed by atoms with Crippen LogP contribution in [0.25, 0.3) is 0 Å². The van der Waals surface area contributed by atoms with E-state index in [9.17, 15) is 22.7 Å². The van der Waals surface area contributed by atoms with Gasteiger partial charge in [-0.1, -0.05) is 12.1 Å². The molecule has 108 valence electrons. The molecule has 0 spiro atoms. The van der Waals surface area contributed by atoms with Gasteiger partial charge in [0.25, 0.3) is 0 Å². The predicted molar refractivity (Wildman–Crippen MR) is 64.1 cm³/mol.